The number of anilines is 2. The van der Waals surface area contributed by atoms with E-state index in [-0.39, 0.29) is 28.0 Å². The second-order valence-electron chi connectivity index (χ2n) is 5.59. The van der Waals surface area contributed by atoms with E-state index in [1.807, 2.05) is 0 Å². The van der Waals surface area contributed by atoms with E-state index >= 15 is 0 Å². The molecule has 0 bridgehead atoms. The predicted molar refractivity (Wildman–Crippen MR) is 103 cm³/mol. The molecule has 0 saturated heterocycles. The first-order valence-electron chi connectivity index (χ1n) is 7.90. The normalized spacial score (nSPS) is 11.3. The molecule has 3 aromatic rings. The predicted octanol–water partition coefficient (Wildman–Crippen LogP) is 5.18. The molecule has 0 aliphatic rings. The van der Waals surface area contributed by atoms with Gasteiger partial charge in [0.25, 0.3) is 5.69 Å². The molecule has 0 atom stereocenters. The van der Waals surface area contributed by atoms with E-state index in [4.69, 9.17) is 0 Å². The average molecular weight is 440 g/mol. The van der Waals surface area contributed by atoms with Gasteiger partial charge in [-0.2, -0.15) is 13.2 Å². The minimum Gasteiger partial charge on any atom is -0.330 e. The Hall–Kier alpha value is -2.99. The summed E-state index contributed by atoms with van der Waals surface area (Å²) in [6, 6.07) is 9.94. The van der Waals surface area contributed by atoms with Crippen molar-refractivity contribution in [1.29, 1.82) is 0 Å². The number of thioether (sulfide) groups is 1. The van der Waals surface area contributed by atoms with E-state index in [1.54, 1.807) is 0 Å². The number of carbonyl (C=O) groups is 1. The van der Waals surface area contributed by atoms with Crippen LogP contribution in [0.3, 0.4) is 0 Å². The number of ketones is 1. The van der Waals surface area contributed by atoms with Gasteiger partial charge in [0.2, 0.25) is 5.13 Å². The van der Waals surface area contributed by atoms with Gasteiger partial charge in [0.15, 0.2) is 10.1 Å². The van der Waals surface area contributed by atoms with Crippen LogP contribution in [0.4, 0.5) is 29.7 Å². The third-order valence-corrected chi connectivity index (χ3v) is 5.55. The van der Waals surface area contributed by atoms with Crippen molar-refractivity contribution in [2.45, 2.75) is 10.5 Å². The third kappa shape index (κ3) is 5.51. The Balaban J connectivity index is 1.59. The van der Waals surface area contributed by atoms with Gasteiger partial charge < -0.3 is 5.32 Å². The average Bonchev–Trinajstić information content (AvgIpc) is 3.13. The lowest BCUT2D eigenvalue weighted by Crippen LogP contribution is -2.05. The van der Waals surface area contributed by atoms with Crippen LogP contribution in [-0.2, 0) is 6.18 Å². The van der Waals surface area contributed by atoms with Crippen LogP contribution in [0.5, 0.6) is 0 Å². The molecule has 1 aromatic heterocycles. The van der Waals surface area contributed by atoms with Crippen LogP contribution in [0.2, 0.25) is 0 Å². The van der Waals surface area contributed by atoms with Crippen molar-refractivity contribution >= 4 is 45.4 Å². The van der Waals surface area contributed by atoms with Crippen LogP contribution >= 0.6 is 23.1 Å². The van der Waals surface area contributed by atoms with E-state index in [0.29, 0.717) is 9.90 Å². The van der Waals surface area contributed by atoms with Crippen molar-refractivity contribution in [2.75, 3.05) is 11.1 Å². The van der Waals surface area contributed by atoms with Crippen molar-refractivity contribution in [2.24, 2.45) is 0 Å². The Morgan fingerprint density at radius 1 is 1.17 bits per heavy atom. The zero-order valence-corrected chi connectivity index (χ0v) is 16.0. The van der Waals surface area contributed by atoms with E-state index in [0.717, 1.165) is 35.2 Å². The molecule has 0 saturated carbocycles. The summed E-state index contributed by atoms with van der Waals surface area (Å²) in [5.74, 6) is -0.205. The summed E-state index contributed by atoms with van der Waals surface area (Å²) in [4.78, 5) is 22.3. The highest BCUT2D eigenvalue weighted by Gasteiger charge is 2.30. The maximum atomic E-state index is 12.8. The summed E-state index contributed by atoms with van der Waals surface area (Å²) in [5, 5.41) is 21.4. The minimum atomic E-state index is -4.45. The zero-order valence-electron chi connectivity index (χ0n) is 14.3. The second kappa shape index (κ2) is 8.57. The van der Waals surface area contributed by atoms with Gasteiger partial charge in [-0.15, -0.1) is 10.2 Å². The number of nitro benzene ring substituents is 1. The van der Waals surface area contributed by atoms with Crippen LogP contribution in [0.15, 0.2) is 52.9 Å². The molecule has 7 nitrogen and oxygen atoms in total. The van der Waals surface area contributed by atoms with Crippen molar-refractivity contribution in [3.63, 3.8) is 0 Å². The standard InChI is InChI=1S/C17H11F3N4O3S2/c18-17(19,20)11-2-1-3-12(8-11)21-15-22-23-16(29-15)28-9-14(25)10-4-6-13(7-5-10)24(26)27/h1-8H,9H2,(H,21,22). The summed E-state index contributed by atoms with van der Waals surface area (Å²) < 4.78 is 38.8. The fraction of sp³-hybridized carbons (Fsp3) is 0.118. The van der Waals surface area contributed by atoms with E-state index in [2.05, 4.69) is 15.5 Å². The van der Waals surface area contributed by atoms with Gasteiger partial charge in [-0.25, -0.2) is 0 Å². The number of halogens is 3. The van der Waals surface area contributed by atoms with Crippen molar-refractivity contribution < 1.29 is 22.9 Å². The highest BCUT2D eigenvalue weighted by molar-refractivity contribution is 8.01. The maximum absolute atomic E-state index is 12.8. The molecule has 150 valence electrons. The Labute approximate surface area is 170 Å². The Morgan fingerprint density at radius 2 is 1.90 bits per heavy atom. The number of non-ortho nitro benzene ring substituents is 1. The number of Topliss-reactive ketones (excluding diaryl/α,β-unsaturated/α-hetero) is 1. The largest absolute Gasteiger partial charge is 0.416 e. The lowest BCUT2D eigenvalue weighted by molar-refractivity contribution is -0.384. The van der Waals surface area contributed by atoms with E-state index in [9.17, 15) is 28.1 Å². The van der Waals surface area contributed by atoms with Gasteiger partial charge in [-0.05, 0) is 30.3 Å². The quantitative estimate of drug-likeness (QED) is 0.234. The number of rotatable bonds is 7. The molecular formula is C17H11F3N4O3S2. The lowest BCUT2D eigenvalue weighted by atomic mass is 10.1. The summed E-state index contributed by atoms with van der Waals surface area (Å²) in [6.45, 7) is 0. The number of nitrogens with zero attached hydrogens (tertiary/aromatic N) is 3. The fourth-order valence-corrected chi connectivity index (χ4v) is 3.86. The monoisotopic (exact) mass is 440 g/mol. The van der Waals surface area contributed by atoms with Crippen molar-refractivity contribution in [1.82, 2.24) is 10.2 Å². The number of hydrogen-bond acceptors (Lipinski definition) is 8. The number of benzene rings is 2. The Bertz CT molecular complexity index is 1040. The Kier molecular flexibility index (Phi) is 6.13. The van der Waals surface area contributed by atoms with Crippen molar-refractivity contribution in [3.8, 4) is 0 Å². The topological polar surface area (TPSA) is 98.0 Å². The molecule has 0 radical (unpaired) electrons. The molecule has 0 unspecified atom stereocenters. The Morgan fingerprint density at radius 3 is 2.55 bits per heavy atom. The lowest BCUT2D eigenvalue weighted by Gasteiger charge is -2.08. The molecule has 29 heavy (non-hydrogen) atoms. The van der Waals surface area contributed by atoms with E-state index in [1.165, 1.54) is 36.4 Å². The first-order chi connectivity index (χ1) is 13.7. The number of nitro groups is 1. The van der Waals surface area contributed by atoms with Crippen LogP contribution in [-0.4, -0.2) is 26.7 Å². The maximum Gasteiger partial charge on any atom is 0.416 e. The molecule has 12 heteroatoms. The number of carbonyl (C=O) groups excluding carboxylic acids is 1. The van der Waals surface area contributed by atoms with Crippen molar-refractivity contribution in [3.05, 3.63) is 69.8 Å². The van der Waals surface area contributed by atoms with Gasteiger partial charge in [0.05, 0.1) is 16.2 Å². The highest BCUT2D eigenvalue weighted by atomic mass is 32.2. The smallest absolute Gasteiger partial charge is 0.330 e. The molecule has 0 fully saturated rings. The summed E-state index contributed by atoms with van der Waals surface area (Å²) in [6.07, 6.45) is -4.45. The fourth-order valence-electron chi connectivity index (χ4n) is 2.20. The first-order valence-corrected chi connectivity index (χ1v) is 9.71. The zero-order chi connectivity index (χ0) is 21.0. The number of hydrogen-bond donors (Lipinski definition) is 1. The summed E-state index contributed by atoms with van der Waals surface area (Å²) >= 11 is 2.21. The van der Waals surface area contributed by atoms with Gasteiger partial charge in [-0.1, -0.05) is 29.2 Å². The van der Waals surface area contributed by atoms with Crippen LogP contribution in [0.1, 0.15) is 15.9 Å². The van der Waals surface area contributed by atoms with E-state index < -0.39 is 16.7 Å². The third-order valence-electron chi connectivity index (χ3n) is 3.57. The number of aromatic nitrogens is 2. The summed E-state index contributed by atoms with van der Waals surface area (Å²) in [7, 11) is 0. The first kappa shape index (κ1) is 20.7. The van der Waals surface area contributed by atoms with Crippen LogP contribution in [0.25, 0.3) is 0 Å². The van der Waals surface area contributed by atoms with Gasteiger partial charge >= 0.3 is 6.18 Å². The molecule has 2 aromatic carbocycles. The molecule has 1 heterocycles. The molecular weight excluding hydrogens is 429 g/mol. The molecule has 0 aliphatic carbocycles. The number of alkyl halides is 3. The highest BCUT2D eigenvalue weighted by Crippen LogP contribution is 2.33. The second-order valence-corrected chi connectivity index (χ2v) is 7.79. The number of nitrogens with one attached hydrogen (secondary N) is 1. The molecule has 3 rings (SSSR count). The molecule has 0 amide bonds. The van der Waals surface area contributed by atoms with Gasteiger partial charge in [-0.3, -0.25) is 14.9 Å². The van der Waals surface area contributed by atoms with Crippen LogP contribution in [0, 0.1) is 10.1 Å². The minimum absolute atomic E-state index is 0.0377. The van der Waals surface area contributed by atoms with Gasteiger partial charge in [0, 0.05) is 23.4 Å². The summed E-state index contributed by atoms with van der Waals surface area (Å²) in [5.41, 5.74) is -0.344. The van der Waals surface area contributed by atoms with Gasteiger partial charge in [0.1, 0.15) is 0 Å². The SMILES string of the molecule is O=C(CSc1nnc(Nc2cccc(C(F)(F)F)c2)s1)c1ccc([N+](=O)[O-])cc1. The van der Waals surface area contributed by atoms with Crippen LogP contribution < -0.4 is 5.32 Å². The molecule has 0 spiro atoms. The molecule has 1 N–H and O–H groups in total. The molecule has 0 aliphatic heterocycles.